The summed E-state index contributed by atoms with van der Waals surface area (Å²) in [6.45, 7) is 15.4. The highest BCUT2D eigenvalue weighted by atomic mass is 35.5. The summed E-state index contributed by atoms with van der Waals surface area (Å²) in [5.41, 5.74) is 7.18. The Hall–Kier alpha value is -3.47. The van der Waals surface area contributed by atoms with Crippen molar-refractivity contribution in [1.29, 1.82) is 0 Å². The second-order valence-corrected chi connectivity index (χ2v) is 12.7. The summed E-state index contributed by atoms with van der Waals surface area (Å²) in [4.78, 5) is 7.50. The van der Waals surface area contributed by atoms with Crippen molar-refractivity contribution in [2.24, 2.45) is 5.73 Å². The molecule has 0 fully saturated rings. The van der Waals surface area contributed by atoms with Gasteiger partial charge in [-0.3, -0.25) is 0 Å². The highest BCUT2D eigenvalue weighted by Gasteiger charge is 2.34. The maximum atomic E-state index is 13.4. The Labute approximate surface area is 293 Å². The molecule has 2 N–H and O–H groups in total. The lowest BCUT2D eigenvalue weighted by molar-refractivity contribution is -0.137. The van der Waals surface area contributed by atoms with Gasteiger partial charge in [0.15, 0.2) is 5.75 Å². The molecule has 49 heavy (non-hydrogen) atoms. The second-order valence-electron chi connectivity index (χ2n) is 12.3. The predicted molar refractivity (Wildman–Crippen MR) is 192 cm³/mol. The van der Waals surface area contributed by atoms with E-state index < -0.39 is 11.7 Å². The number of aryl methyl sites for hydroxylation is 1. The van der Waals surface area contributed by atoms with E-state index in [9.17, 15) is 13.2 Å². The van der Waals surface area contributed by atoms with Crippen molar-refractivity contribution < 1.29 is 27.4 Å². The molecule has 1 aromatic heterocycles. The fraction of sp³-hybridized carbons (Fsp3) is 0.500. The maximum absolute atomic E-state index is 13.4. The van der Waals surface area contributed by atoms with E-state index in [4.69, 9.17) is 36.5 Å². The number of imidazole rings is 1. The van der Waals surface area contributed by atoms with E-state index in [1.165, 1.54) is 12.1 Å². The molecule has 0 aliphatic heterocycles. The van der Waals surface area contributed by atoms with Crippen molar-refractivity contribution in [2.45, 2.75) is 91.5 Å². The minimum absolute atomic E-state index is 0.0415. The topological polar surface area (TPSA) is 74.8 Å². The maximum Gasteiger partial charge on any atom is 0.417 e. The van der Waals surface area contributed by atoms with Crippen LogP contribution in [-0.2, 0) is 12.7 Å². The van der Waals surface area contributed by atoms with E-state index in [-0.39, 0.29) is 16.4 Å². The third kappa shape index (κ3) is 9.61. The minimum Gasteiger partial charge on any atom is -0.491 e. The van der Waals surface area contributed by atoms with Crippen LogP contribution >= 0.6 is 11.6 Å². The van der Waals surface area contributed by atoms with Crippen molar-refractivity contribution >= 4 is 22.6 Å². The van der Waals surface area contributed by atoms with Crippen LogP contribution in [0.3, 0.4) is 0 Å². The molecule has 268 valence electrons. The predicted octanol–water partition coefficient (Wildman–Crippen LogP) is 10.4. The van der Waals surface area contributed by atoms with Crippen molar-refractivity contribution in [3.05, 3.63) is 65.2 Å². The Kier molecular flexibility index (Phi) is 13.7. The lowest BCUT2D eigenvalue weighted by Crippen LogP contribution is -2.37. The summed E-state index contributed by atoms with van der Waals surface area (Å²) >= 11 is 5.79. The molecule has 0 saturated carbocycles. The van der Waals surface area contributed by atoms with Gasteiger partial charge in [0.2, 0.25) is 0 Å². The lowest BCUT2D eigenvalue weighted by atomic mass is 9.93. The van der Waals surface area contributed by atoms with Crippen LogP contribution in [0.15, 0.2) is 54.6 Å². The summed E-state index contributed by atoms with van der Waals surface area (Å²) in [5.74, 6) is 2.57. The third-order valence-corrected chi connectivity index (χ3v) is 9.44. The van der Waals surface area contributed by atoms with Crippen molar-refractivity contribution in [1.82, 2.24) is 14.5 Å². The van der Waals surface area contributed by atoms with Crippen molar-refractivity contribution in [3.8, 4) is 34.4 Å². The Bertz CT molecular complexity index is 1630. The lowest BCUT2D eigenvalue weighted by Gasteiger charge is -2.32. The number of alkyl halides is 3. The van der Waals surface area contributed by atoms with Crippen LogP contribution in [0.5, 0.6) is 23.0 Å². The van der Waals surface area contributed by atoms with Gasteiger partial charge in [-0.15, -0.1) is 0 Å². The molecule has 0 aliphatic carbocycles. The smallest absolute Gasteiger partial charge is 0.417 e. The average Bonchev–Trinajstić information content (AvgIpc) is 3.46. The number of benzene rings is 3. The fourth-order valence-corrected chi connectivity index (χ4v) is 6.24. The number of halogens is 4. The summed E-state index contributed by atoms with van der Waals surface area (Å²) in [6.07, 6.45) is 0.587. The highest BCUT2D eigenvalue weighted by Crippen LogP contribution is 2.40. The van der Waals surface area contributed by atoms with E-state index in [0.717, 1.165) is 98.9 Å². The summed E-state index contributed by atoms with van der Waals surface area (Å²) < 4.78 is 61.4. The number of nitrogens with zero attached hydrogens (tertiary/aromatic N) is 3. The van der Waals surface area contributed by atoms with Crippen LogP contribution in [0.2, 0.25) is 5.02 Å². The molecular weight excluding hydrogens is 653 g/mol. The van der Waals surface area contributed by atoms with Crippen LogP contribution < -0.4 is 19.9 Å². The van der Waals surface area contributed by atoms with Crippen LogP contribution in [-0.4, -0.2) is 52.8 Å². The average molecular weight is 703 g/mol. The molecular formula is C38H50ClF3N4O3. The molecule has 0 atom stereocenters. The number of hydrogen-bond donors (Lipinski definition) is 1. The molecule has 7 nitrogen and oxygen atoms in total. The molecule has 0 saturated heterocycles. The van der Waals surface area contributed by atoms with Gasteiger partial charge in [-0.1, -0.05) is 52.6 Å². The monoisotopic (exact) mass is 702 g/mol. The van der Waals surface area contributed by atoms with Crippen LogP contribution in [0.4, 0.5) is 13.2 Å². The quantitative estimate of drug-likeness (QED) is 0.0981. The van der Waals surface area contributed by atoms with Gasteiger partial charge in [-0.25, -0.2) is 4.98 Å². The Balaban J connectivity index is 1.74. The molecule has 0 spiro atoms. The highest BCUT2D eigenvalue weighted by molar-refractivity contribution is 6.31. The summed E-state index contributed by atoms with van der Waals surface area (Å²) in [5, 5.41) is -0.378. The Morgan fingerprint density at radius 1 is 0.878 bits per heavy atom. The van der Waals surface area contributed by atoms with Gasteiger partial charge in [0, 0.05) is 30.8 Å². The van der Waals surface area contributed by atoms with E-state index in [1.54, 1.807) is 12.1 Å². The first-order chi connectivity index (χ1) is 23.5. The van der Waals surface area contributed by atoms with Gasteiger partial charge in [0.25, 0.3) is 0 Å². The minimum atomic E-state index is -4.59. The van der Waals surface area contributed by atoms with Gasteiger partial charge < -0.3 is 29.4 Å². The van der Waals surface area contributed by atoms with Crippen molar-refractivity contribution in [3.63, 3.8) is 0 Å². The van der Waals surface area contributed by atoms with Gasteiger partial charge >= 0.3 is 6.18 Å². The van der Waals surface area contributed by atoms with Crippen LogP contribution in [0.25, 0.3) is 22.4 Å². The standard InChI is InChI=1S/C38H50ClF3N4O3/c1-6-11-22-46-33-25-30(49-37(7-2,8-3)19-20-43)26-34(47-23-12-21-45(9-4)10-5)35(33)44-36(46)27-13-15-28(16-14-27)48-29-17-18-32(39)31(24-29)38(40,41)42/h13-18,24-26H,6-12,19-23,43H2,1-5H3. The number of hydrogen-bond acceptors (Lipinski definition) is 6. The molecule has 1 heterocycles. The van der Waals surface area contributed by atoms with Gasteiger partial charge in [-0.05, 0) is 94.2 Å². The molecule has 0 bridgehead atoms. The van der Waals surface area contributed by atoms with Gasteiger partial charge in [0.1, 0.15) is 34.2 Å². The molecule has 0 amide bonds. The number of rotatable bonds is 19. The molecule has 0 radical (unpaired) electrons. The van der Waals surface area contributed by atoms with Gasteiger partial charge in [-0.2, -0.15) is 13.2 Å². The zero-order valence-electron chi connectivity index (χ0n) is 29.3. The number of unbranched alkanes of at least 4 members (excludes halogenated alkanes) is 1. The van der Waals surface area contributed by atoms with Gasteiger partial charge in [0.05, 0.1) is 22.7 Å². The molecule has 0 aliphatic rings. The first-order valence-corrected chi connectivity index (χ1v) is 17.8. The fourth-order valence-electron chi connectivity index (χ4n) is 6.01. The zero-order valence-corrected chi connectivity index (χ0v) is 30.1. The largest absolute Gasteiger partial charge is 0.491 e. The molecule has 11 heteroatoms. The number of fused-ring (bicyclic) bond motifs is 1. The normalized spacial score (nSPS) is 12.2. The summed E-state index contributed by atoms with van der Waals surface area (Å²) in [7, 11) is 0. The van der Waals surface area contributed by atoms with Crippen LogP contribution in [0, 0.1) is 0 Å². The first kappa shape index (κ1) is 38.3. The van der Waals surface area contributed by atoms with E-state index in [0.29, 0.717) is 24.7 Å². The number of nitrogens with two attached hydrogens (primary N) is 1. The Morgan fingerprint density at radius 2 is 1.57 bits per heavy atom. The van der Waals surface area contributed by atoms with Crippen molar-refractivity contribution in [2.75, 3.05) is 32.8 Å². The Morgan fingerprint density at radius 3 is 2.18 bits per heavy atom. The molecule has 3 aromatic carbocycles. The van der Waals surface area contributed by atoms with E-state index >= 15 is 0 Å². The molecule has 4 aromatic rings. The van der Waals surface area contributed by atoms with E-state index in [1.807, 2.05) is 18.2 Å². The second kappa shape index (κ2) is 17.5. The first-order valence-electron chi connectivity index (χ1n) is 17.4. The molecule has 0 unspecified atom stereocenters. The zero-order chi connectivity index (χ0) is 35.6. The SMILES string of the molecule is CCCCn1c(-c2ccc(Oc3ccc(Cl)c(C(F)(F)F)c3)cc2)nc2c(OCCCN(CC)CC)cc(OC(CC)(CC)CCN)cc21. The number of aromatic nitrogens is 2. The summed E-state index contributed by atoms with van der Waals surface area (Å²) in [6, 6.07) is 14.7. The van der Waals surface area contributed by atoms with Crippen LogP contribution in [0.1, 0.15) is 78.7 Å². The van der Waals surface area contributed by atoms with E-state index in [2.05, 4.69) is 50.2 Å². The molecule has 4 rings (SSSR count). The number of ether oxygens (including phenoxy) is 3. The third-order valence-electron chi connectivity index (χ3n) is 9.11.